The van der Waals surface area contributed by atoms with Crippen LogP contribution in [0.1, 0.15) is 35.3 Å². The zero-order valence-corrected chi connectivity index (χ0v) is 12.4. The van der Waals surface area contributed by atoms with Gasteiger partial charge in [-0.3, -0.25) is 0 Å². The van der Waals surface area contributed by atoms with E-state index in [9.17, 15) is 9.90 Å². The van der Waals surface area contributed by atoms with Gasteiger partial charge in [0.2, 0.25) is 5.79 Å². The molecule has 0 fully saturated rings. The third-order valence-corrected chi connectivity index (χ3v) is 3.27. The van der Waals surface area contributed by atoms with Crippen LogP contribution in [-0.2, 0) is 4.74 Å². The smallest absolute Gasteiger partial charge is 0.345 e. The zero-order chi connectivity index (χ0) is 15.7. The second-order valence-electron chi connectivity index (χ2n) is 5.54. The minimum absolute atomic E-state index is 0.0389. The Morgan fingerprint density at radius 2 is 1.77 bits per heavy atom. The molecule has 112 valence electrons. The van der Waals surface area contributed by atoms with Crippen LogP contribution in [0.25, 0.3) is 12.2 Å². The van der Waals surface area contributed by atoms with Crippen LogP contribution in [0.4, 0.5) is 0 Å². The molecule has 0 bridgehead atoms. The molecule has 1 N–H and O–H groups in total. The molecule has 2 aromatic rings. The third-order valence-electron chi connectivity index (χ3n) is 3.27. The van der Waals surface area contributed by atoms with Crippen molar-refractivity contribution in [3.05, 3.63) is 59.2 Å². The van der Waals surface area contributed by atoms with Crippen molar-refractivity contribution in [1.29, 1.82) is 0 Å². The van der Waals surface area contributed by atoms with E-state index in [-0.39, 0.29) is 5.75 Å². The van der Waals surface area contributed by atoms with Crippen LogP contribution in [0.5, 0.6) is 11.5 Å². The number of carbonyl (C=O) groups is 1. The number of aromatic hydroxyl groups is 1. The topological polar surface area (TPSA) is 55.8 Å². The van der Waals surface area contributed by atoms with Crippen LogP contribution in [0, 0.1) is 0 Å². The van der Waals surface area contributed by atoms with Crippen molar-refractivity contribution in [2.45, 2.75) is 19.6 Å². The summed E-state index contributed by atoms with van der Waals surface area (Å²) in [7, 11) is 0. The van der Waals surface area contributed by atoms with Gasteiger partial charge in [-0.2, -0.15) is 0 Å². The van der Waals surface area contributed by atoms with Crippen molar-refractivity contribution in [2.24, 2.45) is 0 Å². The molecule has 4 nitrogen and oxygen atoms in total. The molecule has 0 spiro atoms. The fraction of sp³-hybridized carbons (Fsp3) is 0.167. The molecule has 2 aromatic carbocycles. The Morgan fingerprint density at radius 1 is 1.05 bits per heavy atom. The Bertz CT molecular complexity index is 745. The Kier molecular flexibility index (Phi) is 3.37. The van der Waals surface area contributed by atoms with Crippen LogP contribution >= 0.6 is 0 Å². The van der Waals surface area contributed by atoms with E-state index in [4.69, 9.17) is 9.47 Å². The second kappa shape index (κ2) is 5.22. The minimum atomic E-state index is -1.04. The molecule has 0 amide bonds. The second-order valence-corrected chi connectivity index (χ2v) is 5.54. The SMILES string of the molecule is CC1(C)OC(=O)c2c(/C=C/c3ccccc3)cc(O)cc2O1. The van der Waals surface area contributed by atoms with E-state index in [1.165, 1.54) is 12.1 Å². The summed E-state index contributed by atoms with van der Waals surface area (Å²) in [4.78, 5) is 12.2. The number of benzene rings is 2. The van der Waals surface area contributed by atoms with Crippen molar-refractivity contribution < 1.29 is 19.4 Å². The summed E-state index contributed by atoms with van der Waals surface area (Å²) in [6.45, 7) is 3.30. The quantitative estimate of drug-likeness (QED) is 0.675. The maximum absolute atomic E-state index is 12.2. The number of ether oxygens (including phenoxy) is 2. The number of hydrogen-bond donors (Lipinski definition) is 1. The lowest BCUT2D eigenvalue weighted by molar-refractivity contribution is -0.127. The van der Waals surface area contributed by atoms with Crippen molar-refractivity contribution in [1.82, 2.24) is 0 Å². The lowest BCUT2D eigenvalue weighted by Gasteiger charge is -2.32. The van der Waals surface area contributed by atoms with E-state index >= 15 is 0 Å². The predicted octanol–water partition coefficient (Wildman–Crippen LogP) is 3.85. The number of hydrogen-bond acceptors (Lipinski definition) is 4. The number of phenolic OH excluding ortho intramolecular Hbond substituents is 1. The normalized spacial score (nSPS) is 16.0. The number of rotatable bonds is 2. The molecule has 0 aliphatic carbocycles. The van der Waals surface area contributed by atoms with E-state index in [0.717, 1.165) is 5.56 Å². The van der Waals surface area contributed by atoms with Gasteiger partial charge in [0.1, 0.15) is 17.1 Å². The number of phenols is 1. The van der Waals surface area contributed by atoms with Gasteiger partial charge in [-0.25, -0.2) is 4.79 Å². The Labute approximate surface area is 128 Å². The van der Waals surface area contributed by atoms with E-state index in [2.05, 4.69) is 0 Å². The lowest BCUT2D eigenvalue weighted by atomic mass is 10.0. The first-order valence-electron chi connectivity index (χ1n) is 6.97. The zero-order valence-electron chi connectivity index (χ0n) is 12.4. The largest absolute Gasteiger partial charge is 0.508 e. The fourth-order valence-corrected chi connectivity index (χ4v) is 2.36. The molecule has 1 aliphatic heterocycles. The molecule has 3 rings (SSSR count). The summed E-state index contributed by atoms with van der Waals surface area (Å²) in [6, 6.07) is 12.6. The summed E-state index contributed by atoms with van der Waals surface area (Å²) < 4.78 is 10.9. The molecule has 0 aromatic heterocycles. The van der Waals surface area contributed by atoms with Crippen molar-refractivity contribution in [2.75, 3.05) is 0 Å². The molecule has 0 unspecified atom stereocenters. The highest BCUT2D eigenvalue weighted by Crippen LogP contribution is 2.37. The van der Waals surface area contributed by atoms with E-state index in [1.54, 1.807) is 19.9 Å². The number of fused-ring (bicyclic) bond motifs is 1. The van der Waals surface area contributed by atoms with Gasteiger partial charge in [-0.05, 0) is 17.2 Å². The van der Waals surface area contributed by atoms with Crippen molar-refractivity contribution in [3.63, 3.8) is 0 Å². The Balaban J connectivity index is 2.04. The van der Waals surface area contributed by atoms with E-state index in [0.29, 0.717) is 16.9 Å². The summed E-state index contributed by atoms with van der Waals surface area (Å²) in [6.07, 6.45) is 3.62. The molecular formula is C18H16O4. The monoisotopic (exact) mass is 296 g/mol. The molecule has 4 heteroatoms. The molecule has 0 radical (unpaired) electrons. The van der Waals surface area contributed by atoms with Gasteiger partial charge in [-0.15, -0.1) is 0 Å². The molecule has 22 heavy (non-hydrogen) atoms. The molecule has 0 atom stereocenters. The van der Waals surface area contributed by atoms with Gasteiger partial charge < -0.3 is 14.6 Å². The fourth-order valence-electron chi connectivity index (χ4n) is 2.36. The number of esters is 1. The number of carbonyl (C=O) groups excluding carboxylic acids is 1. The Morgan fingerprint density at radius 3 is 2.50 bits per heavy atom. The molecule has 1 aliphatic rings. The van der Waals surface area contributed by atoms with Gasteiger partial charge in [0, 0.05) is 19.9 Å². The van der Waals surface area contributed by atoms with E-state index < -0.39 is 11.8 Å². The maximum atomic E-state index is 12.2. The van der Waals surface area contributed by atoms with Gasteiger partial charge in [0.15, 0.2) is 0 Å². The number of cyclic esters (lactones) is 1. The van der Waals surface area contributed by atoms with Gasteiger partial charge in [0.05, 0.1) is 0 Å². The summed E-state index contributed by atoms with van der Waals surface area (Å²) in [5.41, 5.74) is 1.87. The van der Waals surface area contributed by atoms with E-state index in [1.807, 2.05) is 36.4 Å². The molecule has 1 heterocycles. The highest BCUT2D eigenvalue weighted by atomic mass is 16.7. The van der Waals surface area contributed by atoms with Crippen LogP contribution in [0.2, 0.25) is 0 Å². The molecular weight excluding hydrogens is 280 g/mol. The van der Waals surface area contributed by atoms with Gasteiger partial charge in [-0.1, -0.05) is 42.5 Å². The van der Waals surface area contributed by atoms with Crippen LogP contribution < -0.4 is 4.74 Å². The van der Waals surface area contributed by atoms with Gasteiger partial charge in [0.25, 0.3) is 0 Å². The van der Waals surface area contributed by atoms with Crippen LogP contribution in [0.15, 0.2) is 42.5 Å². The first-order valence-corrected chi connectivity index (χ1v) is 6.97. The average molecular weight is 296 g/mol. The minimum Gasteiger partial charge on any atom is -0.508 e. The summed E-state index contributed by atoms with van der Waals surface area (Å²) in [5, 5.41) is 9.86. The van der Waals surface area contributed by atoms with Crippen molar-refractivity contribution >= 4 is 18.1 Å². The Hall–Kier alpha value is -2.75. The van der Waals surface area contributed by atoms with Gasteiger partial charge >= 0.3 is 5.97 Å². The summed E-state index contributed by atoms with van der Waals surface area (Å²) in [5.74, 6) is -1.14. The first kappa shape index (κ1) is 14.2. The molecule has 0 saturated heterocycles. The third kappa shape index (κ3) is 2.81. The first-order chi connectivity index (χ1) is 10.4. The maximum Gasteiger partial charge on any atom is 0.345 e. The van der Waals surface area contributed by atoms with Crippen molar-refractivity contribution in [3.8, 4) is 11.5 Å². The average Bonchev–Trinajstić information content (AvgIpc) is 2.43. The van der Waals surface area contributed by atoms with Crippen LogP contribution in [0.3, 0.4) is 0 Å². The summed E-state index contributed by atoms with van der Waals surface area (Å²) >= 11 is 0. The highest BCUT2D eigenvalue weighted by molar-refractivity contribution is 5.99. The lowest BCUT2D eigenvalue weighted by Crippen LogP contribution is -2.39. The standard InChI is InChI=1S/C18H16O4/c1-18(2)21-15-11-14(19)10-13(16(15)17(20)22-18)9-8-12-6-4-3-5-7-12/h3-11,19H,1-2H3/b9-8+. The predicted molar refractivity (Wildman–Crippen MR) is 83.6 cm³/mol. The molecule has 0 saturated carbocycles. The highest BCUT2D eigenvalue weighted by Gasteiger charge is 2.35. The van der Waals surface area contributed by atoms with Crippen LogP contribution in [-0.4, -0.2) is 16.9 Å².